The molecule has 0 spiro atoms. The maximum absolute atomic E-state index is 13.3. The van der Waals surface area contributed by atoms with Gasteiger partial charge in [0.05, 0.1) is 6.42 Å². The quantitative estimate of drug-likeness (QED) is 0.861. The van der Waals surface area contributed by atoms with E-state index in [0.717, 1.165) is 0 Å². The number of hydrogen-bond acceptors (Lipinski definition) is 2. The van der Waals surface area contributed by atoms with Crippen molar-refractivity contribution in [3.63, 3.8) is 0 Å². The van der Waals surface area contributed by atoms with E-state index in [2.05, 4.69) is 5.32 Å². The highest BCUT2D eigenvalue weighted by Crippen LogP contribution is 2.34. The van der Waals surface area contributed by atoms with Crippen molar-refractivity contribution in [1.29, 1.82) is 0 Å². The molecule has 112 valence electrons. The van der Waals surface area contributed by atoms with Crippen molar-refractivity contribution in [2.45, 2.75) is 25.6 Å². The second-order valence-corrected chi connectivity index (χ2v) is 5.13. The monoisotopic (exact) mass is 290 g/mol. The van der Waals surface area contributed by atoms with Gasteiger partial charge in [0, 0.05) is 32.2 Å². The third-order valence-electron chi connectivity index (χ3n) is 3.58. The van der Waals surface area contributed by atoms with Gasteiger partial charge in [0.15, 0.2) is 0 Å². The number of benzene rings is 1. The summed E-state index contributed by atoms with van der Waals surface area (Å²) in [7, 11) is 0. The van der Waals surface area contributed by atoms with Gasteiger partial charge in [-0.05, 0) is 24.1 Å². The largest absolute Gasteiger partial charge is 0.390 e. The Kier molecular flexibility index (Phi) is 4.65. The van der Waals surface area contributed by atoms with Gasteiger partial charge in [0.25, 0.3) is 0 Å². The first-order valence-corrected chi connectivity index (χ1v) is 6.64. The Labute approximate surface area is 115 Å². The lowest BCUT2D eigenvalue weighted by molar-refractivity contribution is -0.148. The van der Waals surface area contributed by atoms with Gasteiger partial charge in [-0.2, -0.15) is 13.2 Å². The molecule has 1 aromatic rings. The number of nitrogens with zero attached hydrogens (tertiary/aromatic N) is 1. The lowest BCUT2D eigenvalue weighted by atomic mass is 9.99. The van der Waals surface area contributed by atoms with E-state index >= 15 is 0 Å². The molecular formula is C14H18F4N2. The highest BCUT2D eigenvalue weighted by atomic mass is 19.4. The number of rotatable bonds is 3. The van der Waals surface area contributed by atoms with Crippen molar-refractivity contribution in [2.24, 2.45) is 0 Å². The van der Waals surface area contributed by atoms with Gasteiger partial charge in [-0.15, -0.1) is 0 Å². The summed E-state index contributed by atoms with van der Waals surface area (Å²) in [5.74, 6) is -0.389. The minimum atomic E-state index is -4.24. The van der Waals surface area contributed by atoms with Crippen molar-refractivity contribution in [2.75, 3.05) is 26.2 Å². The predicted octanol–water partition coefficient (Wildman–Crippen LogP) is 3.03. The molecule has 6 heteroatoms. The van der Waals surface area contributed by atoms with Gasteiger partial charge < -0.3 is 5.32 Å². The Hall–Kier alpha value is -1.14. The molecule has 20 heavy (non-hydrogen) atoms. The van der Waals surface area contributed by atoms with E-state index in [9.17, 15) is 17.6 Å². The van der Waals surface area contributed by atoms with E-state index < -0.39 is 18.6 Å². The first-order chi connectivity index (χ1) is 9.37. The Morgan fingerprint density at radius 1 is 1.25 bits per heavy atom. The fourth-order valence-electron chi connectivity index (χ4n) is 2.55. The number of piperazine rings is 1. The van der Waals surface area contributed by atoms with Gasteiger partial charge in [-0.1, -0.05) is 12.1 Å². The van der Waals surface area contributed by atoms with E-state index in [1.807, 2.05) is 4.90 Å². The van der Waals surface area contributed by atoms with Gasteiger partial charge >= 0.3 is 6.18 Å². The zero-order valence-electron chi connectivity index (χ0n) is 11.3. The minimum Gasteiger partial charge on any atom is -0.314 e. The molecular weight excluding hydrogens is 272 g/mol. The van der Waals surface area contributed by atoms with Crippen LogP contribution < -0.4 is 5.32 Å². The van der Waals surface area contributed by atoms with Crippen LogP contribution in [0, 0.1) is 12.7 Å². The van der Waals surface area contributed by atoms with E-state index in [-0.39, 0.29) is 5.82 Å². The topological polar surface area (TPSA) is 15.3 Å². The van der Waals surface area contributed by atoms with Crippen LogP contribution in [-0.2, 0) is 0 Å². The summed E-state index contributed by atoms with van der Waals surface area (Å²) in [5, 5.41) is 3.12. The zero-order valence-corrected chi connectivity index (χ0v) is 11.3. The smallest absolute Gasteiger partial charge is 0.314 e. The second kappa shape index (κ2) is 6.10. The molecule has 1 aromatic carbocycles. The van der Waals surface area contributed by atoms with Crippen LogP contribution in [0.3, 0.4) is 0 Å². The number of aryl methyl sites for hydroxylation is 1. The van der Waals surface area contributed by atoms with Crippen molar-refractivity contribution < 1.29 is 17.6 Å². The molecule has 0 amide bonds. The summed E-state index contributed by atoms with van der Waals surface area (Å²) < 4.78 is 51.7. The van der Waals surface area contributed by atoms with Crippen LogP contribution in [0.4, 0.5) is 17.6 Å². The molecule has 0 aromatic heterocycles. The number of nitrogens with one attached hydrogen (secondary N) is 1. The Bertz CT molecular complexity index is 453. The standard InChI is InChI=1S/C14H18F4N2/c1-10-8-11(2-3-12(10)15)13(9-14(16,17)18)20-6-4-19-5-7-20/h2-3,8,13,19H,4-7,9H2,1H3/t13-/m0/s1. The molecule has 0 radical (unpaired) electrons. The van der Waals surface area contributed by atoms with E-state index in [1.54, 1.807) is 6.92 Å². The molecule has 2 rings (SSSR count). The molecule has 0 unspecified atom stereocenters. The van der Waals surface area contributed by atoms with Crippen LogP contribution in [0.25, 0.3) is 0 Å². The van der Waals surface area contributed by atoms with Crippen LogP contribution in [0.2, 0.25) is 0 Å². The number of halogens is 4. The van der Waals surface area contributed by atoms with Gasteiger partial charge in [0.2, 0.25) is 0 Å². The molecule has 2 nitrogen and oxygen atoms in total. The fourth-order valence-corrected chi connectivity index (χ4v) is 2.55. The first kappa shape index (κ1) is 15.3. The van der Waals surface area contributed by atoms with Crippen LogP contribution in [0.15, 0.2) is 18.2 Å². The lowest BCUT2D eigenvalue weighted by Gasteiger charge is -2.35. The summed E-state index contributed by atoms with van der Waals surface area (Å²) in [4.78, 5) is 1.82. The minimum absolute atomic E-state index is 0.379. The van der Waals surface area contributed by atoms with Crippen molar-refractivity contribution in [3.8, 4) is 0 Å². The molecule has 0 aliphatic carbocycles. The van der Waals surface area contributed by atoms with E-state index in [1.165, 1.54) is 18.2 Å². The SMILES string of the molecule is Cc1cc([C@H](CC(F)(F)F)N2CCNCC2)ccc1F. The zero-order chi connectivity index (χ0) is 14.8. The Morgan fingerprint density at radius 3 is 2.45 bits per heavy atom. The first-order valence-electron chi connectivity index (χ1n) is 6.64. The summed E-state index contributed by atoms with van der Waals surface area (Å²) in [5.41, 5.74) is 0.910. The van der Waals surface area contributed by atoms with Crippen LogP contribution in [0.5, 0.6) is 0 Å². The number of hydrogen-bond donors (Lipinski definition) is 1. The van der Waals surface area contributed by atoms with Crippen LogP contribution in [-0.4, -0.2) is 37.3 Å². The van der Waals surface area contributed by atoms with Crippen molar-refractivity contribution >= 4 is 0 Å². The highest BCUT2D eigenvalue weighted by Gasteiger charge is 2.36. The van der Waals surface area contributed by atoms with Crippen molar-refractivity contribution in [1.82, 2.24) is 10.2 Å². The second-order valence-electron chi connectivity index (χ2n) is 5.13. The van der Waals surface area contributed by atoms with E-state index in [4.69, 9.17) is 0 Å². The van der Waals surface area contributed by atoms with Crippen LogP contribution >= 0.6 is 0 Å². The van der Waals surface area contributed by atoms with Gasteiger partial charge in [-0.3, -0.25) is 4.90 Å². The average molecular weight is 290 g/mol. The molecule has 1 aliphatic heterocycles. The molecule has 1 N–H and O–H groups in total. The van der Waals surface area contributed by atoms with E-state index in [0.29, 0.717) is 37.3 Å². The fraction of sp³-hybridized carbons (Fsp3) is 0.571. The molecule has 1 aliphatic rings. The molecule has 1 fully saturated rings. The average Bonchev–Trinajstić information content (AvgIpc) is 2.39. The summed E-state index contributed by atoms with van der Waals surface area (Å²) in [6.45, 7) is 4.05. The van der Waals surface area contributed by atoms with Gasteiger partial charge in [-0.25, -0.2) is 4.39 Å². The molecule has 0 bridgehead atoms. The Balaban J connectivity index is 2.26. The normalized spacial score (nSPS) is 19.1. The van der Waals surface area contributed by atoms with Gasteiger partial charge in [0.1, 0.15) is 5.82 Å². The van der Waals surface area contributed by atoms with Crippen LogP contribution in [0.1, 0.15) is 23.6 Å². The van der Waals surface area contributed by atoms with Crippen molar-refractivity contribution in [3.05, 3.63) is 35.1 Å². The summed E-state index contributed by atoms with van der Waals surface area (Å²) in [6, 6.07) is 3.49. The maximum atomic E-state index is 13.3. The summed E-state index contributed by atoms with van der Waals surface area (Å²) >= 11 is 0. The molecule has 0 saturated carbocycles. The molecule has 1 saturated heterocycles. The molecule has 1 heterocycles. The Morgan fingerprint density at radius 2 is 1.90 bits per heavy atom. The third-order valence-corrected chi connectivity index (χ3v) is 3.58. The third kappa shape index (κ3) is 3.93. The number of alkyl halides is 3. The highest BCUT2D eigenvalue weighted by molar-refractivity contribution is 5.27. The summed E-state index contributed by atoms with van der Waals surface area (Å²) in [6.07, 6.45) is -5.14. The maximum Gasteiger partial charge on any atom is 0.390 e. The molecule has 1 atom stereocenters. The lowest BCUT2D eigenvalue weighted by Crippen LogP contribution is -2.46. The predicted molar refractivity (Wildman–Crippen MR) is 69.0 cm³/mol.